The topological polar surface area (TPSA) is 102 Å². The molecule has 36 heavy (non-hydrogen) atoms. The number of anilines is 1. The van der Waals surface area contributed by atoms with Crippen LogP contribution in [0.3, 0.4) is 0 Å². The van der Waals surface area contributed by atoms with Crippen LogP contribution in [-0.2, 0) is 16.0 Å². The minimum Gasteiger partial charge on any atom is -0.497 e. The number of carbonyl (C=O) groups is 4. The Morgan fingerprint density at radius 1 is 0.889 bits per heavy atom. The first-order valence-corrected chi connectivity index (χ1v) is 11.6. The molecular weight excluding hydrogens is 507 g/mol. The van der Waals surface area contributed by atoms with E-state index in [0.29, 0.717) is 22.9 Å². The van der Waals surface area contributed by atoms with Gasteiger partial charge >= 0.3 is 5.97 Å². The summed E-state index contributed by atoms with van der Waals surface area (Å²) in [4.78, 5) is 51.4. The number of halogens is 2. The van der Waals surface area contributed by atoms with Crippen LogP contribution in [0.1, 0.15) is 36.6 Å². The number of benzene rings is 3. The average molecular weight is 527 g/mol. The molecule has 3 aromatic carbocycles. The number of ether oxygens (including phenoxy) is 2. The SMILES string of the molecule is COc1ccc(CCN2C(=O)c3ccc(C(=O)OCC(=O)Nc4ccc(Cl)c(Cl)c4)cc3C2=O)cc1. The Hall–Kier alpha value is -3.88. The fraction of sp³-hybridized carbons (Fsp3) is 0.154. The Balaban J connectivity index is 1.36. The fourth-order valence-electron chi connectivity index (χ4n) is 3.64. The molecule has 0 saturated carbocycles. The Labute approximate surface area is 216 Å². The predicted octanol–water partition coefficient (Wildman–Crippen LogP) is 4.64. The summed E-state index contributed by atoms with van der Waals surface area (Å²) in [6.45, 7) is -0.371. The summed E-state index contributed by atoms with van der Waals surface area (Å²) in [7, 11) is 1.57. The van der Waals surface area contributed by atoms with Crippen molar-refractivity contribution in [3.8, 4) is 5.75 Å². The van der Waals surface area contributed by atoms with E-state index in [0.717, 1.165) is 10.5 Å². The molecule has 1 aliphatic heterocycles. The molecule has 3 aromatic rings. The van der Waals surface area contributed by atoms with Gasteiger partial charge in [0, 0.05) is 12.2 Å². The van der Waals surface area contributed by atoms with E-state index < -0.39 is 30.3 Å². The quantitative estimate of drug-likeness (QED) is 0.339. The van der Waals surface area contributed by atoms with E-state index >= 15 is 0 Å². The molecule has 0 aromatic heterocycles. The van der Waals surface area contributed by atoms with Crippen LogP contribution in [0.5, 0.6) is 5.75 Å². The number of methoxy groups -OCH3 is 1. The van der Waals surface area contributed by atoms with Crippen LogP contribution in [-0.4, -0.2) is 48.9 Å². The smallest absolute Gasteiger partial charge is 0.338 e. The van der Waals surface area contributed by atoms with E-state index in [1.165, 1.54) is 30.3 Å². The standard InChI is InChI=1S/C26H20Cl2N2O6/c1-35-18-6-2-15(3-7-18)10-11-30-24(32)19-8-4-16(12-20(19)25(30)33)26(34)36-14-23(31)29-17-5-9-21(27)22(28)13-17/h2-9,12-13H,10-11,14H2,1H3,(H,29,31). The third-order valence-corrected chi connectivity index (χ3v) is 6.27. The van der Waals surface area contributed by atoms with E-state index in [2.05, 4.69) is 5.32 Å². The van der Waals surface area contributed by atoms with Crippen molar-refractivity contribution in [3.05, 3.63) is 93.0 Å². The maximum atomic E-state index is 12.9. The Bertz CT molecular complexity index is 1360. The third kappa shape index (κ3) is 5.50. The predicted molar refractivity (Wildman–Crippen MR) is 134 cm³/mol. The van der Waals surface area contributed by atoms with Gasteiger partial charge in [-0.3, -0.25) is 19.3 Å². The van der Waals surface area contributed by atoms with E-state index in [-0.39, 0.29) is 28.3 Å². The molecule has 1 heterocycles. The van der Waals surface area contributed by atoms with Crippen molar-refractivity contribution in [1.82, 2.24) is 4.90 Å². The molecule has 1 N–H and O–H groups in total. The zero-order valence-electron chi connectivity index (χ0n) is 19.0. The average Bonchev–Trinajstić information content (AvgIpc) is 3.12. The maximum Gasteiger partial charge on any atom is 0.338 e. The Kier molecular flexibility index (Phi) is 7.57. The highest BCUT2D eigenvalue weighted by Crippen LogP contribution is 2.26. The lowest BCUT2D eigenvalue weighted by Gasteiger charge is -2.13. The van der Waals surface area contributed by atoms with Crippen LogP contribution in [0, 0.1) is 0 Å². The zero-order chi connectivity index (χ0) is 25.8. The lowest BCUT2D eigenvalue weighted by atomic mass is 10.1. The second-order valence-electron chi connectivity index (χ2n) is 7.87. The number of hydrogen-bond donors (Lipinski definition) is 1. The van der Waals surface area contributed by atoms with Crippen molar-refractivity contribution >= 4 is 52.6 Å². The molecule has 10 heteroatoms. The summed E-state index contributed by atoms with van der Waals surface area (Å²) >= 11 is 11.8. The van der Waals surface area contributed by atoms with Gasteiger partial charge in [-0.25, -0.2) is 4.79 Å². The van der Waals surface area contributed by atoms with Crippen LogP contribution >= 0.6 is 23.2 Å². The molecule has 0 spiro atoms. The Morgan fingerprint density at radius 3 is 2.31 bits per heavy atom. The number of nitrogens with zero attached hydrogens (tertiary/aromatic N) is 1. The van der Waals surface area contributed by atoms with Gasteiger partial charge in [0.15, 0.2) is 6.61 Å². The second kappa shape index (κ2) is 10.8. The number of esters is 1. The number of rotatable bonds is 8. The molecule has 0 atom stereocenters. The van der Waals surface area contributed by atoms with Crippen LogP contribution in [0.15, 0.2) is 60.7 Å². The Morgan fingerprint density at radius 2 is 1.61 bits per heavy atom. The lowest BCUT2D eigenvalue weighted by molar-refractivity contribution is -0.119. The van der Waals surface area contributed by atoms with Gasteiger partial charge in [0.2, 0.25) is 0 Å². The monoisotopic (exact) mass is 526 g/mol. The van der Waals surface area contributed by atoms with Crippen LogP contribution < -0.4 is 10.1 Å². The highest BCUT2D eigenvalue weighted by atomic mass is 35.5. The molecule has 0 aliphatic carbocycles. The zero-order valence-corrected chi connectivity index (χ0v) is 20.6. The molecule has 3 amide bonds. The van der Waals surface area contributed by atoms with Gasteiger partial charge in [-0.05, 0) is 60.5 Å². The molecule has 0 fully saturated rings. The first-order chi connectivity index (χ1) is 17.3. The number of fused-ring (bicyclic) bond motifs is 1. The van der Waals surface area contributed by atoms with Crippen molar-refractivity contribution in [2.45, 2.75) is 6.42 Å². The van der Waals surface area contributed by atoms with Crippen LogP contribution in [0.4, 0.5) is 5.69 Å². The summed E-state index contributed by atoms with van der Waals surface area (Å²) in [5.74, 6) is -1.59. The minimum absolute atomic E-state index is 0.0502. The fourth-order valence-corrected chi connectivity index (χ4v) is 3.94. The van der Waals surface area contributed by atoms with Crippen molar-refractivity contribution in [2.24, 2.45) is 0 Å². The van der Waals surface area contributed by atoms with Crippen LogP contribution in [0.2, 0.25) is 10.0 Å². The number of hydrogen-bond acceptors (Lipinski definition) is 6. The molecule has 0 unspecified atom stereocenters. The first-order valence-electron chi connectivity index (χ1n) is 10.8. The highest BCUT2D eigenvalue weighted by molar-refractivity contribution is 6.42. The minimum atomic E-state index is -0.806. The summed E-state index contributed by atoms with van der Waals surface area (Å²) in [6, 6.07) is 16.0. The van der Waals surface area contributed by atoms with Gasteiger partial charge in [-0.15, -0.1) is 0 Å². The highest BCUT2D eigenvalue weighted by Gasteiger charge is 2.35. The molecule has 0 saturated heterocycles. The van der Waals surface area contributed by atoms with E-state index in [1.54, 1.807) is 25.3 Å². The summed E-state index contributed by atoms with van der Waals surface area (Å²) in [5, 5.41) is 3.14. The van der Waals surface area contributed by atoms with Crippen molar-refractivity contribution in [3.63, 3.8) is 0 Å². The number of amides is 3. The molecule has 184 valence electrons. The molecule has 1 aliphatic rings. The van der Waals surface area contributed by atoms with Gasteiger partial charge < -0.3 is 14.8 Å². The van der Waals surface area contributed by atoms with Gasteiger partial charge in [0.1, 0.15) is 5.75 Å². The van der Waals surface area contributed by atoms with Crippen molar-refractivity contribution < 1.29 is 28.7 Å². The molecular formula is C26H20Cl2N2O6. The van der Waals surface area contributed by atoms with Crippen LogP contribution in [0.25, 0.3) is 0 Å². The van der Waals surface area contributed by atoms with Gasteiger partial charge in [-0.1, -0.05) is 35.3 Å². The summed E-state index contributed by atoms with van der Waals surface area (Å²) in [6.07, 6.45) is 0.471. The van der Waals surface area contributed by atoms with E-state index in [1.807, 2.05) is 12.1 Å². The normalized spacial score (nSPS) is 12.4. The largest absolute Gasteiger partial charge is 0.497 e. The molecule has 8 nitrogen and oxygen atoms in total. The maximum absolute atomic E-state index is 12.9. The molecule has 0 radical (unpaired) electrons. The van der Waals surface area contributed by atoms with Gasteiger partial charge in [0.05, 0.1) is 33.8 Å². The van der Waals surface area contributed by atoms with Gasteiger partial charge in [-0.2, -0.15) is 0 Å². The summed E-state index contributed by atoms with van der Waals surface area (Å²) < 4.78 is 10.2. The first kappa shape index (κ1) is 25.2. The number of imide groups is 1. The molecule has 4 rings (SSSR count). The van der Waals surface area contributed by atoms with Gasteiger partial charge in [0.25, 0.3) is 17.7 Å². The molecule has 0 bridgehead atoms. The number of carbonyl (C=O) groups excluding carboxylic acids is 4. The number of nitrogens with one attached hydrogen (secondary N) is 1. The van der Waals surface area contributed by atoms with Crippen molar-refractivity contribution in [1.29, 1.82) is 0 Å². The lowest BCUT2D eigenvalue weighted by Crippen LogP contribution is -2.31. The van der Waals surface area contributed by atoms with E-state index in [9.17, 15) is 19.2 Å². The van der Waals surface area contributed by atoms with E-state index in [4.69, 9.17) is 32.7 Å². The summed E-state index contributed by atoms with van der Waals surface area (Å²) in [5.41, 5.74) is 1.71. The van der Waals surface area contributed by atoms with Crippen molar-refractivity contribution in [2.75, 3.05) is 25.6 Å². The second-order valence-corrected chi connectivity index (χ2v) is 8.69. The third-order valence-electron chi connectivity index (χ3n) is 5.53.